The molecule has 3 rings (SSSR count). The first-order valence-electron chi connectivity index (χ1n) is 7.18. The minimum absolute atomic E-state index is 0.396. The molecule has 112 valence electrons. The monoisotopic (exact) mass is 306 g/mol. The van der Waals surface area contributed by atoms with E-state index in [2.05, 4.69) is 27.3 Å². The Morgan fingerprint density at radius 2 is 2.33 bits per heavy atom. The highest BCUT2D eigenvalue weighted by Gasteiger charge is 2.24. The van der Waals surface area contributed by atoms with Gasteiger partial charge in [0.25, 0.3) is 5.89 Å². The first-order valence-corrected chi connectivity index (χ1v) is 7.58. The molecule has 0 radical (unpaired) electrons. The molecule has 0 aromatic carbocycles. The van der Waals surface area contributed by atoms with Gasteiger partial charge in [0.15, 0.2) is 10.9 Å². The van der Waals surface area contributed by atoms with Crippen LogP contribution in [0.25, 0.3) is 11.7 Å². The second-order valence-electron chi connectivity index (χ2n) is 5.12. The third kappa shape index (κ3) is 3.60. The molecule has 7 heteroatoms. The van der Waals surface area contributed by atoms with E-state index in [-0.39, 0.29) is 0 Å². The Morgan fingerprint density at radius 1 is 1.48 bits per heavy atom. The number of hydrogen-bond acceptors (Lipinski definition) is 5. The molecule has 21 heavy (non-hydrogen) atoms. The maximum Gasteiger partial charge on any atom is 0.283 e. The van der Waals surface area contributed by atoms with E-state index in [1.54, 1.807) is 18.4 Å². The van der Waals surface area contributed by atoms with Crippen LogP contribution in [0.15, 0.2) is 27.2 Å². The van der Waals surface area contributed by atoms with Crippen molar-refractivity contribution < 1.29 is 8.83 Å². The molecule has 2 heterocycles. The molecule has 1 aliphatic rings. The molecule has 6 nitrogen and oxygen atoms in total. The van der Waals surface area contributed by atoms with E-state index >= 15 is 0 Å². The minimum atomic E-state index is 0.396. The number of hydrogen-bond donors (Lipinski definition) is 1. The highest BCUT2D eigenvalue weighted by molar-refractivity contribution is 7.80. The second-order valence-corrected chi connectivity index (χ2v) is 5.51. The summed E-state index contributed by atoms with van der Waals surface area (Å²) in [6.45, 7) is 3.49. The first kappa shape index (κ1) is 14.1. The van der Waals surface area contributed by atoms with Gasteiger partial charge < -0.3 is 19.1 Å². The SMILES string of the molecule is CCCN(Cc1nnc(-c2ccco2)o1)C(=S)NC1CC1. The summed E-state index contributed by atoms with van der Waals surface area (Å²) in [5, 5.41) is 12.2. The molecule has 0 spiro atoms. The summed E-state index contributed by atoms with van der Waals surface area (Å²) in [5.41, 5.74) is 0. The zero-order chi connectivity index (χ0) is 14.7. The van der Waals surface area contributed by atoms with Gasteiger partial charge in [0, 0.05) is 12.6 Å². The molecule has 0 unspecified atom stereocenters. The lowest BCUT2D eigenvalue weighted by Gasteiger charge is -2.23. The van der Waals surface area contributed by atoms with Crippen LogP contribution in [0.4, 0.5) is 0 Å². The molecular formula is C14H18N4O2S. The number of nitrogens with zero attached hydrogens (tertiary/aromatic N) is 3. The van der Waals surface area contributed by atoms with Crippen LogP contribution in [-0.2, 0) is 6.54 Å². The zero-order valence-electron chi connectivity index (χ0n) is 11.9. The van der Waals surface area contributed by atoms with Gasteiger partial charge in [-0.3, -0.25) is 0 Å². The van der Waals surface area contributed by atoms with Crippen LogP contribution in [0, 0.1) is 0 Å². The lowest BCUT2D eigenvalue weighted by molar-refractivity contribution is 0.348. The molecule has 1 fully saturated rings. The van der Waals surface area contributed by atoms with Crippen molar-refractivity contribution in [2.24, 2.45) is 0 Å². The average molecular weight is 306 g/mol. The fourth-order valence-corrected chi connectivity index (χ4v) is 2.32. The van der Waals surface area contributed by atoms with Crippen LogP contribution in [0.1, 0.15) is 32.1 Å². The Morgan fingerprint density at radius 3 is 3.00 bits per heavy atom. The average Bonchev–Trinajstić information content (AvgIpc) is 2.95. The van der Waals surface area contributed by atoms with Crippen molar-refractivity contribution in [2.75, 3.05) is 6.54 Å². The third-order valence-corrected chi connectivity index (χ3v) is 3.59. The molecule has 2 aromatic rings. The lowest BCUT2D eigenvalue weighted by Crippen LogP contribution is -2.40. The number of thiocarbonyl (C=S) groups is 1. The summed E-state index contributed by atoms with van der Waals surface area (Å²) >= 11 is 5.45. The summed E-state index contributed by atoms with van der Waals surface area (Å²) in [6.07, 6.45) is 4.98. The van der Waals surface area contributed by atoms with Gasteiger partial charge >= 0.3 is 0 Å². The molecule has 0 atom stereocenters. The molecule has 0 aliphatic heterocycles. The molecule has 1 N–H and O–H groups in total. The smallest absolute Gasteiger partial charge is 0.283 e. The van der Waals surface area contributed by atoms with Gasteiger partial charge in [-0.2, -0.15) is 0 Å². The molecule has 1 aliphatic carbocycles. The van der Waals surface area contributed by atoms with Crippen molar-refractivity contribution in [3.8, 4) is 11.7 Å². The van der Waals surface area contributed by atoms with Crippen molar-refractivity contribution in [3.05, 3.63) is 24.3 Å². The van der Waals surface area contributed by atoms with Crippen molar-refractivity contribution in [1.82, 2.24) is 20.4 Å². The largest absolute Gasteiger partial charge is 0.459 e. The Balaban J connectivity index is 1.65. The van der Waals surface area contributed by atoms with Crippen LogP contribution in [0.5, 0.6) is 0 Å². The van der Waals surface area contributed by atoms with Gasteiger partial charge in [-0.1, -0.05) is 6.92 Å². The van der Waals surface area contributed by atoms with Crippen LogP contribution < -0.4 is 5.32 Å². The van der Waals surface area contributed by atoms with E-state index in [4.69, 9.17) is 21.1 Å². The summed E-state index contributed by atoms with van der Waals surface area (Å²) < 4.78 is 10.9. The van der Waals surface area contributed by atoms with Gasteiger partial charge in [-0.05, 0) is 43.6 Å². The number of furan rings is 1. The summed E-state index contributed by atoms with van der Waals surface area (Å²) in [5.74, 6) is 1.51. The van der Waals surface area contributed by atoms with Crippen molar-refractivity contribution in [2.45, 2.75) is 38.8 Å². The summed E-state index contributed by atoms with van der Waals surface area (Å²) in [7, 11) is 0. The predicted octanol–water partition coefficient (Wildman–Crippen LogP) is 2.58. The van der Waals surface area contributed by atoms with Gasteiger partial charge in [0.2, 0.25) is 5.89 Å². The third-order valence-electron chi connectivity index (χ3n) is 3.21. The maximum absolute atomic E-state index is 5.63. The Kier molecular flexibility index (Phi) is 4.19. The predicted molar refractivity (Wildman–Crippen MR) is 81.5 cm³/mol. The molecule has 0 amide bonds. The van der Waals surface area contributed by atoms with Crippen molar-refractivity contribution >= 4 is 17.3 Å². The number of aromatic nitrogens is 2. The topological polar surface area (TPSA) is 67.3 Å². The quantitative estimate of drug-likeness (QED) is 0.823. The zero-order valence-corrected chi connectivity index (χ0v) is 12.7. The standard InChI is InChI=1S/C14H18N4O2S/c1-2-7-18(14(21)15-10-5-6-10)9-12-16-17-13(20-12)11-4-3-8-19-11/h3-4,8,10H,2,5-7,9H2,1H3,(H,15,21). The van der Waals surface area contributed by atoms with E-state index in [1.807, 2.05) is 0 Å². The van der Waals surface area contributed by atoms with Crippen molar-refractivity contribution in [3.63, 3.8) is 0 Å². The normalized spacial score (nSPS) is 14.1. The Bertz CT molecular complexity index is 592. The summed E-state index contributed by atoms with van der Waals surface area (Å²) in [4.78, 5) is 2.06. The highest BCUT2D eigenvalue weighted by atomic mass is 32.1. The van der Waals surface area contributed by atoms with E-state index in [0.717, 1.165) is 18.1 Å². The van der Waals surface area contributed by atoms with Crippen LogP contribution in [0.3, 0.4) is 0 Å². The van der Waals surface area contributed by atoms with Gasteiger partial charge in [0.05, 0.1) is 12.8 Å². The van der Waals surface area contributed by atoms with Crippen molar-refractivity contribution in [1.29, 1.82) is 0 Å². The first-order chi connectivity index (χ1) is 10.3. The minimum Gasteiger partial charge on any atom is -0.459 e. The molecular weight excluding hydrogens is 288 g/mol. The fourth-order valence-electron chi connectivity index (χ4n) is 2.00. The molecule has 1 saturated carbocycles. The van der Waals surface area contributed by atoms with Crippen LogP contribution in [-0.4, -0.2) is 32.8 Å². The van der Waals surface area contributed by atoms with Crippen LogP contribution in [0.2, 0.25) is 0 Å². The van der Waals surface area contributed by atoms with Gasteiger partial charge in [-0.15, -0.1) is 10.2 Å². The van der Waals surface area contributed by atoms with E-state index in [9.17, 15) is 0 Å². The highest BCUT2D eigenvalue weighted by Crippen LogP contribution is 2.20. The molecule has 0 bridgehead atoms. The van der Waals surface area contributed by atoms with Gasteiger partial charge in [-0.25, -0.2) is 0 Å². The van der Waals surface area contributed by atoms with E-state index in [1.165, 1.54) is 12.8 Å². The van der Waals surface area contributed by atoms with Gasteiger partial charge in [0.1, 0.15) is 0 Å². The summed E-state index contributed by atoms with van der Waals surface area (Å²) in [6, 6.07) is 4.12. The number of rotatable bonds is 6. The van der Waals surface area contributed by atoms with E-state index in [0.29, 0.717) is 30.1 Å². The molecule has 0 saturated heterocycles. The van der Waals surface area contributed by atoms with E-state index < -0.39 is 0 Å². The molecule has 2 aromatic heterocycles. The van der Waals surface area contributed by atoms with Crippen LogP contribution >= 0.6 is 12.2 Å². The Labute approximate surface area is 128 Å². The second kappa shape index (κ2) is 6.26. The fraction of sp³-hybridized carbons (Fsp3) is 0.500. The lowest BCUT2D eigenvalue weighted by atomic mass is 10.4. The number of nitrogens with one attached hydrogen (secondary N) is 1. The maximum atomic E-state index is 5.63. The Hall–Kier alpha value is -1.89.